The number of Topliss-reactive ketones (excluding diaryl/α,β-unsaturated/α-hetero) is 1. The summed E-state index contributed by atoms with van der Waals surface area (Å²) >= 11 is 0. The van der Waals surface area contributed by atoms with Gasteiger partial charge in [-0.3, -0.25) is 14.8 Å². The number of ketones is 1. The van der Waals surface area contributed by atoms with Crippen LogP contribution in [-0.4, -0.2) is 38.6 Å². The predicted octanol–water partition coefficient (Wildman–Crippen LogP) is 4.54. The van der Waals surface area contributed by atoms with Crippen molar-refractivity contribution in [2.45, 2.75) is 32.6 Å². The molecule has 5 rings (SSSR count). The van der Waals surface area contributed by atoms with E-state index >= 15 is 0 Å². The van der Waals surface area contributed by atoms with Crippen molar-refractivity contribution in [3.63, 3.8) is 0 Å². The second kappa shape index (κ2) is 8.91. The fourth-order valence-electron chi connectivity index (χ4n) is 4.64. The van der Waals surface area contributed by atoms with Gasteiger partial charge in [0.25, 0.3) is 0 Å². The first-order valence-electron chi connectivity index (χ1n) is 11.2. The van der Waals surface area contributed by atoms with Gasteiger partial charge in [0.15, 0.2) is 0 Å². The summed E-state index contributed by atoms with van der Waals surface area (Å²) in [5.41, 5.74) is 4.88. The maximum atomic E-state index is 12.8. The van der Waals surface area contributed by atoms with Crippen LogP contribution < -0.4 is 4.90 Å². The number of carbonyl (C=O) groups excluding carboxylic acids is 1. The number of carbonyl (C=O) groups is 1. The van der Waals surface area contributed by atoms with Crippen molar-refractivity contribution >= 4 is 22.4 Å². The average molecular weight is 426 g/mol. The number of benzene rings is 1. The molecule has 0 bridgehead atoms. The van der Waals surface area contributed by atoms with E-state index in [4.69, 9.17) is 0 Å². The molecule has 1 unspecified atom stereocenters. The van der Waals surface area contributed by atoms with Crippen molar-refractivity contribution in [2.24, 2.45) is 5.92 Å². The molecular weight excluding hydrogens is 398 g/mol. The van der Waals surface area contributed by atoms with Crippen LogP contribution in [0.25, 0.3) is 16.6 Å². The second-order valence-electron chi connectivity index (χ2n) is 8.66. The van der Waals surface area contributed by atoms with Crippen LogP contribution in [0.1, 0.15) is 30.7 Å². The van der Waals surface area contributed by atoms with Crippen LogP contribution in [0.5, 0.6) is 0 Å². The van der Waals surface area contributed by atoms with E-state index < -0.39 is 0 Å². The van der Waals surface area contributed by atoms with Crippen molar-refractivity contribution in [3.8, 4) is 5.69 Å². The topological polar surface area (TPSA) is 63.9 Å². The number of aromatic nitrogens is 4. The summed E-state index contributed by atoms with van der Waals surface area (Å²) in [6.07, 6.45) is 8.65. The van der Waals surface area contributed by atoms with Gasteiger partial charge >= 0.3 is 0 Å². The lowest BCUT2D eigenvalue weighted by molar-refractivity contribution is -0.119. The van der Waals surface area contributed by atoms with Crippen LogP contribution in [0.2, 0.25) is 0 Å². The maximum absolute atomic E-state index is 12.8. The van der Waals surface area contributed by atoms with E-state index in [9.17, 15) is 4.79 Å². The highest BCUT2D eigenvalue weighted by Gasteiger charge is 2.22. The highest BCUT2D eigenvalue weighted by molar-refractivity contribution is 5.84. The first kappa shape index (κ1) is 20.4. The molecule has 1 fully saturated rings. The van der Waals surface area contributed by atoms with E-state index in [-0.39, 0.29) is 5.78 Å². The number of para-hydroxylation sites is 1. The Morgan fingerprint density at radius 3 is 2.78 bits per heavy atom. The Kier molecular flexibility index (Phi) is 5.67. The second-order valence-corrected chi connectivity index (χ2v) is 8.66. The molecule has 1 saturated heterocycles. The Hall–Kier alpha value is -3.54. The number of aryl methyl sites for hydroxylation is 1. The zero-order valence-corrected chi connectivity index (χ0v) is 18.3. The van der Waals surface area contributed by atoms with Crippen LogP contribution in [0.4, 0.5) is 5.69 Å². The van der Waals surface area contributed by atoms with Gasteiger partial charge in [0.2, 0.25) is 0 Å². The average Bonchev–Trinajstić information content (AvgIpc) is 3.23. The van der Waals surface area contributed by atoms with E-state index in [2.05, 4.69) is 44.2 Å². The minimum Gasteiger partial charge on any atom is -0.371 e. The van der Waals surface area contributed by atoms with Gasteiger partial charge in [-0.1, -0.05) is 18.2 Å². The van der Waals surface area contributed by atoms with Crippen LogP contribution >= 0.6 is 0 Å². The van der Waals surface area contributed by atoms with Crippen molar-refractivity contribution in [1.29, 1.82) is 0 Å². The molecule has 3 aromatic heterocycles. The molecule has 0 aliphatic carbocycles. The number of anilines is 1. The molecule has 6 nitrogen and oxygen atoms in total. The summed E-state index contributed by atoms with van der Waals surface area (Å²) in [5.74, 6) is 0.659. The number of piperidine rings is 1. The Balaban J connectivity index is 1.25. The van der Waals surface area contributed by atoms with Crippen molar-refractivity contribution < 1.29 is 4.79 Å². The third-order valence-electron chi connectivity index (χ3n) is 6.17. The van der Waals surface area contributed by atoms with Gasteiger partial charge in [0, 0.05) is 54.6 Å². The zero-order valence-electron chi connectivity index (χ0n) is 18.3. The van der Waals surface area contributed by atoms with Gasteiger partial charge in [-0.05, 0) is 56.0 Å². The molecular formula is C26H27N5O. The van der Waals surface area contributed by atoms with Crippen molar-refractivity contribution in [1.82, 2.24) is 19.7 Å². The third-order valence-corrected chi connectivity index (χ3v) is 6.17. The number of fused-ring (bicyclic) bond motifs is 1. The molecule has 0 amide bonds. The van der Waals surface area contributed by atoms with E-state index in [0.717, 1.165) is 53.9 Å². The van der Waals surface area contributed by atoms with Gasteiger partial charge in [0.05, 0.1) is 23.6 Å². The van der Waals surface area contributed by atoms with Crippen LogP contribution in [0, 0.1) is 12.8 Å². The molecule has 1 aromatic carbocycles. The minimum absolute atomic E-state index is 0.258. The standard InChI is InChI=1S/C26H27N5O/c1-19-12-24(9-10-27-19)31-26-17-28-22(14-21(26)16-29-31)15-25(32)13-20-6-5-11-30(18-20)23-7-3-2-4-8-23/h2-4,7-10,12,14,16-17,20H,5-6,11,13,15,18H2,1H3. The molecule has 0 saturated carbocycles. The summed E-state index contributed by atoms with van der Waals surface area (Å²) < 4.78 is 1.86. The highest BCUT2D eigenvalue weighted by Crippen LogP contribution is 2.26. The SMILES string of the molecule is Cc1cc(-n2ncc3cc(CC(=O)CC4CCCN(c5ccccc5)C4)ncc32)ccn1. The quantitative estimate of drug-likeness (QED) is 0.454. The van der Waals surface area contributed by atoms with E-state index in [1.807, 2.05) is 48.3 Å². The lowest BCUT2D eigenvalue weighted by atomic mass is 9.91. The number of rotatable bonds is 6. The van der Waals surface area contributed by atoms with Gasteiger partial charge < -0.3 is 4.90 Å². The van der Waals surface area contributed by atoms with E-state index in [1.165, 1.54) is 5.69 Å². The Morgan fingerprint density at radius 2 is 1.94 bits per heavy atom. The molecule has 1 atom stereocenters. The van der Waals surface area contributed by atoms with Crippen LogP contribution in [-0.2, 0) is 11.2 Å². The lowest BCUT2D eigenvalue weighted by Crippen LogP contribution is -2.36. The number of hydrogen-bond donors (Lipinski definition) is 0. The molecule has 6 heteroatoms. The largest absolute Gasteiger partial charge is 0.371 e. The predicted molar refractivity (Wildman–Crippen MR) is 126 cm³/mol. The summed E-state index contributed by atoms with van der Waals surface area (Å²) in [4.78, 5) is 24.1. The van der Waals surface area contributed by atoms with E-state index in [0.29, 0.717) is 18.8 Å². The third kappa shape index (κ3) is 4.40. The van der Waals surface area contributed by atoms with Crippen molar-refractivity contribution in [3.05, 3.63) is 78.5 Å². The summed E-state index contributed by atoms with van der Waals surface area (Å²) in [5, 5.41) is 5.51. The summed E-state index contributed by atoms with van der Waals surface area (Å²) in [6.45, 7) is 3.97. The normalized spacial score (nSPS) is 16.4. The molecule has 1 aliphatic heterocycles. The molecule has 32 heavy (non-hydrogen) atoms. The Morgan fingerprint density at radius 1 is 1.06 bits per heavy atom. The van der Waals surface area contributed by atoms with Crippen LogP contribution in [0.3, 0.4) is 0 Å². The first-order valence-corrected chi connectivity index (χ1v) is 11.2. The molecule has 4 heterocycles. The monoisotopic (exact) mass is 425 g/mol. The van der Waals surface area contributed by atoms with E-state index in [1.54, 1.807) is 6.20 Å². The molecule has 0 radical (unpaired) electrons. The summed E-state index contributed by atoms with van der Waals surface area (Å²) in [7, 11) is 0. The van der Waals surface area contributed by atoms with Gasteiger partial charge in [-0.25, -0.2) is 4.68 Å². The smallest absolute Gasteiger partial charge is 0.139 e. The fraction of sp³-hybridized carbons (Fsp3) is 0.308. The van der Waals surface area contributed by atoms with Gasteiger partial charge in [-0.15, -0.1) is 0 Å². The number of pyridine rings is 2. The number of nitrogens with zero attached hydrogens (tertiary/aromatic N) is 5. The van der Waals surface area contributed by atoms with Gasteiger partial charge in [-0.2, -0.15) is 5.10 Å². The molecule has 0 N–H and O–H groups in total. The van der Waals surface area contributed by atoms with Crippen molar-refractivity contribution in [2.75, 3.05) is 18.0 Å². The highest BCUT2D eigenvalue weighted by atomic mass is 16.1. The minimum atomic E-state index is 0.258. The summed E-state index contributed by atoms with van der Waals surface area (Å²) in [6, 6.07) is 16.4. The zero-order chi connectivity index (χ0) is 21.9. The molecule has 1 aliphatic rings. The number of hydrogen-bond acceptors (Lipinski definition) is 5. The molecule has 4 aromatic rings. The maximum Gasteiger partial charge on any atom is 0.139 e. The Labute approximate surface area is 187 Å². The van der Waals surface area contributed by atoms with Gasteiger partial charge in [0.1, 0.15) is 5.78 Å². The Bertz CT molecular complexity index is 1230. The molecule has 162 valence electrons. The first-order chi connectivity index (χ1) is 15.7. The molecule has 0 spiro atoms. The van der Waals surface area contributed by atoms with Crippen LogP contribution in [0.15, 0.2) is 67.1 Å². The fourth-order valence-corrected chi connectivity index (χ4v) is 4.64. The lowest BCUT2D eigenvalue weighted by Gasteiger charge is -2.34.